The van der Waals surface area contributed by atoms with E-state index in [1.807, 2.05) is 45.9 Å². The van der Waals surface area contributed by atoms with Crippen molar-refractivity contribution in [3.05, 3.63) is 23.8 Å². The van der Waals surface area contributed by atoms with E-state index in [9.17, 15) is 4.79 Å². The van der Waals surface area contributed by atoms with E-state index in [4.69, 9.17) is 9.47 Å². The van der Waals surface area contributed by atoms with Crippen molar-refractivity contribution >= 4 is 5.78 Å². The van der Waals surface area contributed by atoms with E-state index in [0.29, 0.717) is 17.7 Å². The Balaban J connectivity index is 2.92. The van der Waals surface area contributed by atoms with Gasteiger partial charge in [0.15, 0.2) is 5.78 Å². The third kappa shape index (κ3) is 6.61. The van der Waals surface area contributed by atoms with Crippen molar-refractivity contribution < 1.29 is 14.3 Å². The summed E-state index contributed by atoms with van der Waals surface area (Å²) >= 11 is 0. The highest BCUT2D eigenvalue weighted by Gasteiger charge is 2.16. The Kier molecular flexibility index (Phi) is 8.10. The van der Waals surface area contributed by atoms with Crippen LogP contribution in [0.5, 0.6) is 11.5 Å². The second-order valence-electron chi connectivity index (χ2n) is 6.19. The van der Waals surface area contributed by atoms with Gasteiger partial charge in [0.05, 0.1) is 17.8 Å². The molecule has 0 saturated carbocycles. The molecule has 0 radical (unpaired) electrons. The molecule has 0 aliphatic rings. The van der Waals surface area contributed by atoms with Crippen LogP contribution in [0.1, 0.15) is 58.3 Å². The molecule has 0 atom stereocenters. The lowest BCUT2D eigenvalue weighted by Crippen LogP contribution is -2.26. The molecule has 0 fully saturated rings. The van der Waals surface area contributed by atoms with Crippen molar-refractivity contribution in [3.8, 4) is 11.5 Å². The number of rotatable bonds is 10. The molecule has 0 amide bonds. The molecule has 0 aliphatic carbocycles. The summed E-state index contributed by atoms with van der Waals surface area (Å²) in [7, 11) is 0. The fraction of sp³-hybridized carbons (Fsp3) is 0.632. The number of benzene rings is 1. The van der Waals surface area contributed by atoms with Gasteiger partial charge in [-0.15, -0.1) is 0 Å². The summed E-state index contributed by atoms with van der Waals surface area (Å²) in [6.07, 6.45) is 0.602. The Morgan fingerprint density at radius 1 is 1.04 bits per heavy atom. The van der Waals surface area contributed by atoms with Gasteiger partial charge in [0.2, 0.25) is 0 Å². The van der Waals surface area contributed by atoms with E-state index < -0.39 is 0 Å². The summed E-state index contributed by atoms with van der Waals surface area (Å²) in [5.41, 5.74) is 0.641. The molecule has 0 aliphatic heterocycles. The van der Waals surface area contributed by atoms with E-state index in [-0.39, 0.29) is 18.0 Å². The van der Waals surface area contributed by atoms with Crippen molar-refractivity contribution in [1.82, 2.24) is 4.90 Å². The Morgan fingerprint density at radius 3 is 2.17 bits per heavy atom. The largest absolute Gasteiger partial charge is 0.491 e. The number of carbonyl (C=O) groups is 1. The fourth-order valence-corrected chi connectivity index (χ4v) is 2.36. The van der Waals surface area contributed by atoms with Crippen LogP contribution in [0.4, 0.5) is 0 Å². The summed E-state index contributed by atoms with van der Waals surface area (Å²) < 4.78 is 11.5. The number of ether oxygens (including phenoxy) is 2. The number of hydrogen-bond donors (Lipinski definition) is 0. The van der Waals surface area contributed by atoms with Crippen LogP contribution in [0.25, 0.3) is 0 Å². The first-order chi connectivity index (χ1) is 10.9. The number of ketones is 1. The van der Waals surface area contributed by atoms with Gasteiger partial charge in [-0.05, 0) is 52.9 Å². The SMILES string of the molecule is CCN(CC)CCC(=O)c1ccc(OC(C)C)cc1OC(C)C. The van der Waals surface area contributed by atoms with Crippen molar-refractivity contribution in [1.29, 1.82) is 0 Å². The minimum absolute atomic E-state index is 0.0126. The van der Waals surface area contributed by atoms with E-state index in [1.165, 1.54) is 0 Å². The normalized spacial score (nSPS) is 11.3. The zero-order valence-electron chi connectivity index (χ0n) is 15.4. The van der Waals surface area contributed by atoms with Gasteiger partial charge in [-0.25, -0.2) is 0 Å². The van der Waals surface area contributed by atoms with Crippen molar-refractivity contribution in [3.63, 3.8) is 0 Å². The van der Waals surface area contributed by atoms with Crippen LogP contribution in [0.15, 0.2) is 18.2 Å². The number of Topliss-reactive ketones (excluding diaryl/α,β-unsaturated/α-hetero) is 1. The number of nitrogens with zero attached hydrogens (tertiary/aromatic N) is 1. The van der Waals surface area contributed by atoms with Gasteiger partial charge < -0.3 is 14.4 Å². The predicted octanol–water partition coefficient (Wildman–Crippen LogP) is 4.18. The average molecular weight is 321 g/mol. The van der Waals surface area contributed by atoms with Crippen LogP contribution >= 0.6 is 0 Å². The Morgan fingerprint density at radius 2 is 1.65 bits per heavy atom. The quantitative estimate of drug-likeness (QED) is 0.606. The highest BCUT2D eigenvalue weighted by molar-refractivity contribution is 5.99. The molecular weight excluding hydrogens is 290 g/mol. The molecule has 0 spiro atoms. The van der Waals surface area contributed by atoms with Crippen LogP contribution in [-0.4, -0.2) is 42.5 Å². The third-order valence-corrected chi connectivity index (χ3v) is 3.54. The number of carbonyl (C=O) groups excluding carboxylic acids is 1. The van der Waals surface area contributed by atoms with Crippen LogP contribution in [-0.2, 0) is 0 Å². The minimum atomic E-state index is 0.0126. The summed E-state index contributed by atoms with van der Waals surface area (Å²) in [5.74, 6) is 1.46. The molecule has 0 saturated heterocycles. The van der Waals surface area contributed by atoms with Gasteiger partial charge in [-0.3, -0.25) is 4.79 Å². The van der Waals surface area contributed by atoms with Crippen LogP contribution in [0, 0.1) is 0 Å². The molecule has 4 nitrogen and oxygen atoms in total. The van der Waals surface area contributed by atoms with Crippen molar-refractivity contribution in [2.24, 2.45) is 0 Å². The van der Waals surface area contributed by atoms with Gasteiger partial charge in [-0.2, -0.15) is 0 Å². The standard InChI is InChI=1S/C19H31NO3/c1-7-20(8-2)12-11-18(21)17-10-9-16(22-14(3)4)13-19(17)23-15(5)6/h9-10,13-15H,7-8,11-12H2,1-6H3. The summed E-state index contributed by atoms with van der Waals surface area (Å²) in [4.78, 5) is 14.8. The maximum Gasteiger partial charge on any atom is 0.167 e. The lowest BCUT2D eigenvalue weighted by atomic mass is 10.1. The fourth-order valence-electron chi connectivity index (χ4n) is 2.36. The molecule has 0 unspecified atom stereocenters. The summed E-state index contributed by atoms with van der Waals surface area (Å²) in [5, 5.41) is 0. The minimum Gasteiger partial charge on any atom is -0.491 e. The van der Waals surface area contributed by atoms with E-state index >= 15 is 0 Å². The smallest absolute Gasteiger partial charge is 0.167 e. The lowest BCUT2D eigenvalue weighted by molar-refractivity contribution is 0.0960. The molecular formula is C19H31NO3. The zero-order valence-corrected chi connectivity index (χ0v) is 15.4. The number of hydrogen-bond acceptors (Lipinski definition) is 4. The molecule has 1 aromatic rings. The second kappa shape index (κ2) is 9.56. The molecule has 1 rings (SSSR count). The Bertz CT molecular complexity index is 493. The monoisotopic (exact) mass is 321 g/mol. The zero-order chi connectivity index (χ0) is 17.4. The van der Waals surface area contributed by atoms with Crippen LogP contribution < -0.4 is 9.47 Å². The molecule has 1 aromatic carbocycles. The molecule has 0 N–H and O–H groups in total. The molecule has 0 aromatic heterocycles. The average Bonchev–Trinajstić information content (AvgIpc) is 2.47. The molecule has 23 heavy (non-hydrogen) atoms. The predicted molar refractivity (Wildman–Crippen MR) is 94.7 cm³/mol. The summed E-state index contributed by atoms with van der Waals surface area (Å²) in [6, 6.07) is 5.49. The lowest BCUT2D eigenvalue weighted by Gasteiger charge is -2.19. The maximum absolute atomic E-state index is 12.6. The first kappa shape index (κ1) is 19.5. The summed E-state index contributed by atoms with van der Waals surface area (Å²) in [6.45, 7) is 14.8. The highest BCUT2D eigenvalue weighted by Crippen LogP contribution is 2.27. The molecule has 0 bridgehead atoms. The van der Waals surface area contributed by atoms with Crippen molar-refractivity contribution in [2.45, 2.75) is 60.2 Å². The van der Waals surface area contributed by atoms with Crippen LogP contribution in [0.3, 0.4) is 0 Å². The Hall–Kier alpha value is -1.55. The van der Waals surface area contributed by atoms with Crippen LogP contribution in [0.2, 0.25) is 0 Å². The van der Waals surface area contributed by atoms with Gasteiger partial charge in [0.25, 0.3) is 0 Å². The van der Waals surface area contributed by atoms with Gasteiger partial charge in [0.1, 0.15) is 11.5 Å². The third-order valence-electron chi connectivity index (χ3n) is 3.54. The Labute approximate surface area is 140 Å². The van der Waals surface area contributed by atoms with Gasteiger partial charge >= 0.3 is 0 Å². The first-order valence-corrected chi connectivity index (χ1v) is 8.60. The first-order valence-electron chi connectivity index (χ1n) is 8.60. The molecule has 4 heteroatoms. The highest BCUT2D eigenvalue weighted by atomic mass is 16.5. The van der Waals surface area contributed by atoms with E-state index in [2.05, 4.69) is 18.7 Å². The second-order valence-corrected chi connectivity index (χ2v) is 6.19. The molecule has 0 heterocycles. The maximum atomic E-state index is 12.6. The van der Waals surface area contributed by atoms with E-state index in [1.54, 1.807) is 0 Å². The van der Waals surface area contributed by atoms with Gasteiger partial charge in [0, 0.05) is 19.0 Å². The molecule has 130 valence electrons. The van der Waals surface area contributed by atoms with Gasteiger partial charge in [-0.1, -0.05) is 13.8 Å². The van der Waals surface area contributed by atoms with Crippen molar-refractivity contribution in [2.75, 3.05) is 19.6 Å². The van der Waals surface area contributed by atoms with E-state index in [0.717, 1.165) is 25.4 Å². The topological polar surface area (TPSA) is 38.8 Å².